The van der Waals surface area contributed by atoms with Crippen molar-refractivity contribution < 1.29 is 5.11 Å². The lowest BCUT2D eigenvalue weighted by atomic mass is 9.86. The van der Waals surface area contributed by atoms with Crippen LogP contribution in [0.2, 0.25) is 0 Å². The summed E-state index contributed by atoms with van der Waals surface area (Å²) in [6.07, 6.45) is 11.9. The summed E-state index contributed by atoms with van der Waals surface area (Å²) < 4.78 is 2.22. The summed E-state index contributed by atoms with van der Waals surface area (Å²) in [4.78, 5) is 9.40. The van der Waals surface area contributed by atoms with Gasteiger partial charge in [-0.1, -0.05) is 32.1 Å². The molecule has 0 unspecified atom stereocenters. The van der Waals surface area contributed by atoms with Crippen molar-refractivity contribution in [2.24, 2.45) is 5.92 Å². The van der Waals surface area contributed by atoms with E-state index in [1.807, 2.05) is 6.20 Å². The van der Waals surface area contributed by atoms with E-state index in [0.717, 1.165) is 47.9 Å². The second-order valence-corrected chi connectivity index (χ2v) is 6.65. The summed E-state index contributed by atoms with van der Waals surface area (Å²) in [7, 11) is 0. The van der Waals surface area contributed by atoms with Crippen LogP contribution in [-0.2, 0) is 13.0 Å². The molecule has 2 heterocycles. The lowest BCUT2D eigenvalue weighted by Crippen LogP contribution is -2.11. The van der Waals surface area contributed by atoms with Crippen LogP contribution in [0, 0.1) is 12.8 Å². The zero-order chi connectivity index (χ0) is 15.4. The van der Waals surface area contributed by atoms with Crippen LogP contribution in [0.4, 0.5) is 0 Å². The van der Waals surface area contributed by atoms with E-state index in [-0.39, 0.29) is 6.61 Å². The molecule has 2 aromatic heterocycles. The normalized spacial score (nSPS) is 16.5. The Bertz CT molecular complexity index is 614. The topological polar surface area (TPSA) is 50.9 Å². The first kappa shape index (κ1) is 15.5. The van der Waals surface area contributed by atoms with Crippen LogP contribution in [-0.4, -0.2) is 26.2 Å². The number of imidazole rings is 1. The number of nitrogens with zero attached hydrogens (tertiary/aromatic N) is 3. The second kappa shape index (κ2) is 7.23. The molecule has 3 rings (SSSR count). The maximum absolute atomic E-state index is 9.15. The van der Waals surface area contributed by atoms with E-state index in [9.17, 15) is 0 Å². The van der Waals surface area contributed by atoms with Crippen LogP contribution in [0.5, 0.6) is 0 Å². The molecule has 0 aromatic carbocycles. The molecule has 0 aliphatic heterocycles. The summed E-state index contributed by atoms with van der Waals surface area (Å²) >= 11 is 0. The fourth-order valence-corrected chi connectivity index (χ4v) is 3.62. The molecule has 4 heteroatoms. The van der Waals surface area contributed by atoms with Crippen molar-refractivity contribution in [3.8, 4) is 0 Å². The van der Waals surface area contributed by atoms with Gasteiger partial charge in [-0.15, -0.1) is 0 Å². The van der Waals surface area contributed by atoms with Crippen LogP contribution < -0.4 is 0 Å². The standard InChI is InChI=1S/C18H27N3O/c1-14-12-16-18(19-13-14)21(10-5-11-22)17(20-16)9-8-15-6-3-2-4-7-15/h12-13,15,22H,2-11H2,1H3. The van der Waals surface area contributed by atoms with Crippen molar-refractivity contribution in [2.75, 3.05) is 6.61 Å². The van der Waals surface area contributed by atoms with Crippen LogP contribution in [0.3, 0.4) is 0 Å². The zero-order valence-corrected chi connectivity index (χ0v) is 13.6. The molecule has 0 saturated heterocycles. The number of aromatic nitrogens is 3. The minimum absolute atomic E-state index is 0.216. The second-order valence-electron chi connectivity index (χ2n) is 6.65. The van der Waals surface area contributed by atoms with Gasteiger partial charge in [-0.3, -0.25) is 0 Å². The van der Waals surface area contributed by atoms with E-state index in [2.05, 4.69) is 22.5 Å². The zero-order valence-electron chi connectivity index (χ0n) is 13.6. The van der Waals surface area contributed by atoms with E-state index in [4.69, 9.17) is 10.1 Å². The molecule has 0 atom stereocenters. The molecule has 4 nitrogen and oxygen atoms in total. The molecule has 1 saturated carbocycles. The van der Waals surface area contributed by atoms with E-state index in [0.29, 0.717) is 0 Å². The number of rotatable bonds is 6. The Labute approximate surface area is 132 Å². The van der Waals surface area contributed by atoms with Crippen molar-refractivity contribution >= 4 is 11.2 Å². The van der Waals surface area contributed by atoms with E-state index in [1.165, 1.54) is 38.5 Å². The van der Waals surface area contributed by atoms with Gasteiger partial charge in [0.15, 0.2) is 5.65 Å². The number of aliphatic hydroxyl groups excluding tert-OH is 1. The van der Waals surface area contributed by atoms with Crippen LogP contribution in [0.1, 0.15) is 56.3 Å². The highest BCUT2D eigenvalue weighted by Gasteiger charge is 2.16. The summed E-state index contributed by atoms with van der Waals surface area (Å²) in [5.41, 5.74) is 3.12. The van der Waals surface area contributed by atoms with Crippen molar-refractivity contribution in [3.05, 3.63) is 23.7 Å². The minimum Gasteiger partial charge on any atom is -0.396 e. The molecule has 0 bridgehead atoms. The Kier molecular flexibility index (Phi) is 5.08. The van der Waals surface area contributed by atoms with E-state index >= 15 is 0 Å². The molecule has 1 fully saturated rings. The maximum Gasteiger partial charge on any atom is 0.160 e. The number of fused-ring (bicyclic) bond motifs is 1. The van der Waals surface area contributed by atoms with Gasteiger partial charge in [0.25, 0.3) is 0 Å². The Morgan fingerprint density at radius 2 is 2.09 bits per heavy atom. The fourth-order valence-electron chi connectivity index (χ4n) is 3.62. The van der Waals surface area contributed by atoms with Gasteiger partial charge in [0.2, 0.25) is 0 Å². The summed E-state index contributed by atoms with van der Waals surface area (Å²) in [5, 5.41) is 9.15. The Morgan fingerprint density at radius 3 is 2.86 bits per heavy atom. The third kappa shape index (κ3) is 3.49. The summed E-state index contributed by atoms with van der Waals surface area (Å²) in [6.45, 7) is 3.08. The number of hydrogen-bond donors (Lipinski definition) is 1. The average molecular weight is 301 g/mol. The highest BCUT2D eigenvalue weighted by atomic mass is 16.3. The number of pyridine rings is 1. The maximum atomic E-state index is 9.15. The third-order valence-electron chi connectivity index (χ3n) is 4.84. The molecule has 1 N–H and O–H groups in total. The highest BCUT2D eigenvalue weighted by molar-refractivity contribution is 5.72. The van der Waals surface area contributed by atoms with Crippen LogP contribution in [0.25, 0.3) is 11.2 Å². The fraction of sp³-hybridized carbons (Fsp3) is 0.667. The van der Waals surface area contributed by atoms with Gasteiger partial charge in [0.05, 0.1) is 0 Å². The van der Waals surface area contributed by atoms with E-state index in [1.54, 1.807) is 0 Å². The number of hydrogen-bond acceptors (Lipinski definition) is 3. The molecular formula is C18H27N3O. The van der Waals surface area contributed by atoms with Gasteiger partial charge in [-0.2, -0.15) is 0 Å². The molecule has 120 valence electrons. The molecule has 22 heavy (non-hydrogen) atoms. The van der Waals surface area contributed by atoms with Gasteiger partial charge in [-0.05, 0) is 37.3 Å². The predicted molar refractivity (Wildman–Crippen MR) is 88.9 cm³/mol. The summed E-state index contributed by atoms with van der Waals surface area (Å²) in [6, 6.07) is 2.11. The smallest absolute Gasteiger partial charge is 0.160 e. The van der Waals surface area contributed by atoms with Gasteiger partial charge < -0.3 is 9.67 Å². The molecule has 0 radical (unpaired) electrons. The van der Waals surface area contributed by atoms with Crippen molar-refractivity contribution in [2.45, 2.75) is 64.8 Å². The van der Waals surface area contributed by atoms with Gasteiger partial charge in [0, 0.05) is 25.8 Å². The molecule has 0 spiro atoms. The Hall–Kier alpha value is -1.42. The Balaban J connectivity index is 1.79. The van der Waals surface area contributed by atoms with Crippen LogP contribution >= 0.6 is 0 Å². The first-order valence-electron chi connectivity index (χ1n) is 8.70. The first-order valence-corrected chi connectivity index (χ1v) is 8.70. The predicted octanol–water partition coefficient (Wildman–Crippen LogP) is 3.64. The largest absolute Gasteiger partial charge is 0.396 e. The Morgan fingerprint density at radius 1 is 1.27 bits per heavy atom. The average Bonchev–Trinajstić information content (AvgIpc) is 2.88. The molecule has 1 aliphatic rings. The highest BCUT2D eigenvalue weighted by Crippen LogP contribution is 2.28. The van der Waals surface area contributed by atoms with Gasteiger partial charge in [-0.25, -0.2) is 9.97 Å². The first-order chi connectivity index (χ1) is 10.8. The number of aryl methyl sites for hydroxylation is 3. The van der Waals surface area contributed by atoms with Crippen molar-refractivity contribution in [1.82, 2.24) is 14.5 Å². The molecule has 1 aliphatic carbocycles. The van der Waals surface area contributed by atoms with Gasteiger partial charge >= 0.3 is 0 Å². The SMILES string of the molecule is Cc1cnc2c(c1)nc(CCC1CCCCC1)n2CCCO. The van der Waals surface area contributed by atoms with Gasteiger partial charge in [0.1, 0.15) is 11.3 Å². The lowest BCUT2D eigenvalue weighted by Gasteiger charge is -2.21. The van der Waals surface area contributed by atoms with E-state index < -0.39 is 0 Å². The molecular weight excluding hydrogens is 274 g/mol. The van der Waals surface area contributed by atoms with Crippen LogP contribution in [0.15, 0.2) is 12.3 Å². The lowest BCUT2D eigenvalue weighted by molar-refractivity contribution is 0.279. The molecule has 2 aromatic rings. The monoisotopic (exact) mass is 301 g/mol. The number of aliphatic hydroxyl groups is 1. The third-order valence-corrected chi connectivity index (χ3v) is 4.84. The minimum atomic E-state index is 0.216. The molecule has 0 amide bonds. The summed E-state index contributed by atoms with van der Waals surface area (Å²) in [5.74, 6) is 2.02. The van der Waals surface area contributed by atoms with Crippen molar-refractivity contribution in [3.63, 3.8) is 0 Å². The quantitative estimate of drug-likeness (QED) is 0.886. The van der Waals surface area contributed by atoms with Crippen molar-refractivity contribution in [1.29, 1.82) is 0 Å².